The van der Waals surface area contributed by atoms with Crippen LogP contribution in [0.4, 0.5) is 4.39 Å². The third kappa shape index (κ3) is 3.11. The molecule has 3 aromatic rings. The fourth-order valence-electron chi connectivity index (χ4n) is 2.04. The third-order valence-corrected chi connectivity index (χ3v) is 3.13. The van der Waals surface area contributed by atoms with Gasteiger partial charge in [0.25, 0.3) is 0 Å². The second-order valence-electron chi connectivity index (χ2n) is 4.81. The molecule has 0 aliphatic rings. The zero-order valence-electron chi connectivity index (χ0n) is 11.7. The first kappa shape index (κ1) is 13.4. The molecule has 0 aliphatic carbocycles. The van der Waals surface area contributed by atoms with E-state index in [4.69, 9.17) is 4.74 Å². The summed E-state index contributed by atoms with van der Waals surface area (Å²) in [5.41, 5.74) is 2.69. The van der Waals surface area contributed by atoms with Crippen molar-refractivity contribution in [3.05, 3.63) is 77.9 Å². The molecule has 2 aromatic carbocycles. The topological polar surface area (TPSA) is 27.1 Å². The SMILES string of the molecule is Cc1ccc(F)c(OCc2ccn(-c3ccccc3)n2)c1. The van der Waals surface area contributed by atoms with Crippen molar-refractivity contribution < 1.29 is 9.13 Å². The van der Waals surface area contributed by atoms with Crippen LogP contribution in [0, 0.1) is 12.7 Å². The van der Waals surface area contributed by atoms with Crippen molar-refractivity contribution >= 4 is 0 Å². The lowest BCUT2D eigenvalue weighted by Crippen LogP contribution is -2.00. The molecule has 1 heterocycles. The summed E-state index contributed by atoms with van der Waals surface area (Å²) in [7, 11) is 0. The number of hydrogen-bond acceptors (Lipinski definition) is 2. The Hall–Kier alpha value is -2.62. The largest absolute Gasteiger partial charge is 0.484 e. The smallest absolute Gasteiger partial charge is 0.165 e. The number of aromatic nitrogens is 2. The number of benzene rings is 2. The molecular weight excluding hydrogens is 267 g/mol. The molecule has 1 aromatic heterocycles. The first-order valence-electron chi connectivity index (χ1n) is 6.71. The van der Waals surface area contributed by atoms with Crippen LogP contribution in [0.5, 0.6) is 5.75 Å². The first-order valence-corrected chi connectivity index (χ1v) is 6.71. The number of para-hydroxylation sites is 1. The first-order chi connectivity index (χ1) is 10.2. The summed E-state index contributed by atoms with van der Waals surface area (Å²) in [5, 5.41) is 4.42. The lowest BCUT2D eigenvalue weighted by atomic mass is 10.2. The number of rotatable bonds is 4. The van der Waals surface area contributed by atoms with Gasteiger partial charge in [0.05, 0.1) is 5.69 Å². The molecule has 0 saturated carbocycles. The van der Waals surface area contributed by atoms with E-state index < -0.39 is 0 Å². The van der Waals surface area contributed by atoms with E-state index in [1.54, 1.807) is 16.8 Å². The van der Waals surface area contributed by atoms with Gasteiger partial charge in [0, 0.05) is 6.20 Å². The Kier molecular flexibility index (Phi) is 3.69. The third-order valence-electron chi connectivity index (χ3n) is 3.13. The molecule has 3 nitrogen and oxygen atoms in total. The fraction of sp³-hybridized carbons (Fsp3) is 0.118. The van der Waals surface area contributed by atoms with E-state index in [2.05, 4.69) is 5.10 Å². The van der Waals surface area contributed by atoms with E-state index in [9.17, 15) is 4.39 Å². The van der Waals surface area contributed by atoms with Gasteiger partial charge in [-0.15, -0.1) is 0 Å². The minimum absolute atomic E-state index is 0.236. The lowest BCUT2D eigenvalue weighted by Gasteiger charge is -2.06. The molecule has 0 saturated heterocycles. The van der Waals surface area contributed by atoms with Gasteiger partial charge >= 0.3 is 0 Å². The molecular formula is C17H15FN2O. The highest BCUT2D eigenvalue weighted by atomic mass is 19.1. The highest BCUT2D eigenvalue weighted by molar-refractivity contribution is 5.31. The summed E-state index contributed by atoms with van der Waals surface area (Å²) in [4.78, 5) is 0. The molecule has 0 N–H and O–H groups in total. The van der Waals surface area contributed by atoms with Crippen molar-refractivity contribution in [2.75, 3.05) is 0 Å². The molecule has 0 atom stereocenters. The maximum absolute atomic E-state index is 13.6. The summed E-state index contributed by atoms with van der Waals surface area (Å²) in [6.45, 7) is 2.14. The van der Waals surface area contributed by atoms with Crippen molar-refractivity contribution in [2.24, 2.45) is 0 Å². The number of hydrogen-bond donors (Lipinski definition) is 0. The summed E-state index contributed by atoms with van der Waals surface area (Å²) in [6, 6.07) is 16.5. The predicted molar refractivity (Wildman–Crippen MR) is 79.0 cm³/mol. The fourth-order valence-corrected chi connectivity index (χ4v) is 2.04. The molecule has 0 radical (unpaired) electrons. The van der Waals surface area contributed by atoms with E-state index in [-0.39, 0.29) is 18.2 Å². The van der Waals surface area contributed by atoms with Crippen molar-refractivity contribution in [3.63, 3.8) is 0 Å². The van der Waals surface area contributed by atoms with Crippen LogP contribution in [-0.4, -0.2) is 9.78 Å². The summed E-state index contributed by atoms with van der Waals surface area (Å²) in [6.07, 6.45) is 1.86. The quantitative estimate of drug-likeness (QED) is 0.725. The van der Waals surface area contributed by atoms with Crippen molar-refractivity contribution in [1.29, 1.82) is 0 Å². The average Bonchev–Trinajstić information content (AvgIpc) is 2.98. The van der Waals surface area contributed by atoms with Gasteiger partial charge in [0.2, 0.25) is 0 Å². The minimum atomic E-state index is -0.358. The average molecular weight is 282 g/mol. The van der Waals surface area contributed by atoms with Crippen LogP contribution < -0.4 is 4.74 Å². The van der Waals surface area contributed by atoms with Crippen LogP contribution in [-0.2, 0) is 6.61 Å². The number of nitrogens with zero attached hydrogens (tertiary/aromatic N) is 2. The Morgan fingerprint density at radius 1 is 1.10 bits per heavy atom. The monoisotopic (exact) mass is 282 g/mol. The van der Waals surface area contributed by atoms with Gasteiger partial charge in [-0.25, -0.2) is 9.07 Å². The maximum Gasteiger partial charge on any atom is 0.165 e. The lowest BCUT2D eigenvalue weighted by molar-refractivity contribution is 0.285. The molecule has 0 bridgehead atoms. The van der Waals surface area contributed by atoms with E-state index in [1.165, 1.54) is 6.07 Å². The van der Waals surface area contributed by atoms with Gasteiger partial charge in [-0.05, 0) is 42.8 Å². The zero-order chi connectivity index (χ0) is 14.7. The maximum atomic E-state index is 13.6. The van der Waals surface area contributed by atoms with Gasteiger partial charge in [-0.3, -0.25) is 0 Å². The normalized spacial score (nSPS) is 10.6. The summed E-state index contributed by atoms with van der Waals surface area (Å²) < 4.78 is 20.9. The van der Waals surface area contributed by atoms with Gasteiger partial charge in [-0.1, -0.05) is 24.3 Å². The zero-order valence-corrected chi connectivity index (χ0v) is 11.7. The van der Waals surface area contributed by atoms with Gasteiger partial charge in [-0.2, -0.15) is 5.10 Å². The number of ether oxygens (including phenoxy) is 1. The Labute approximate surface area is 122 Å². The predicted octanol–water partition coefficient (Wildman–Crippen LogP) is 3.90. The molecule has 0 spiro atoms. The molecule has 21 heavy (non-hydrogen) atoms. The molecule has 0 fully saturated rings. The molecule has 106 valence electrons. The minimum Gasteiger partial charge on any atom is -0.484 e. The Morgan fingerprint density at radius 2 is 1.90 bits per heavy atom. The van der Waals surface area contributed by atoms with Crippen molar-refractivity contribution in [1.82, 2.24) is 9.78 Å². The summed E-state index contributed by atoms with van der Waals surface area (Å²) >= 11 is 0. The van der Waals surface area contributed by atoms with E-state index in [0.717, 1.165) is 16.9 Å². The highest BCUT2D eigenvalue weighted by Gasteiger charge is 2.06. The highest BCUT2D eigenvalue weighted by Crippen LogP contribution is 2.19. The molecule has 0 aliphatic heterocycles. The van der Waals surface area contributed by atoms with E-state index >= 15 is 0 Å². The summed E-state index contributed by atoms with van der Waals surface area (Å²) in [5.74, 6) is -0.104. The number of halogens is 1. The number of aryl methyl sites for hydroxylation is 1. The van der Waals surface area contributed by atoms with E-state index in [1.807, 2.05) is 49.5 Å². The molecule has 3 rings (SSSR count). The van der Waals surface area contributed by atoms with Gasteiger partial charge < -0.3 is 4.74 Å². The Bertz CT molecular complexity index is 738. The van der Waals surface area contributed by atoms with E-state index in [0.29, 0.717) is 0 Å². The van der Waals surface area contributed by atoms with Crippen LogP contribution in [0.2, 0.25) is 0 Å². The van der Waals surface area contributed by atoms with Gasteiger partial charge in [0.15, 0.2) is 11.6 Å². The second kappa shape index (κ2) is 5.79. The van der Waals surface area contributed by atoms with Crippen LogP contribution >= 0.6 is 0 Å². The van der Waals surface area contributed by atoms with Crippen molar-refractivity contribution in [3.8, 4) is 11.4 Å². The van der Waals surface area contributed by atoms with Crippen LogP contribution in [0.15, 0.2) is 60.8 Å². The second-order valence-corrected chi connectivity index (χ2v) is 4.81. The molecule has 0 unspecified atom stereocenters. The Morgan fingerprint density at radius 3 is 2.71 bits per heavy atom. The molecule has 4 heteroatoms. The van der Waals surface area contributed by atoms with Crippen molar-refractivity contribution in [2.45, 2.75) is 13.5 Å². The standard InChI is InChI=1S/C17H15FN2O/c1-13-7-8-16(18)17(11-13)21-12-14-9-10-20(19-14)15-5-3-2-4-6-15/h2-11H,12H2,1H3. The van der Waals surface area contributed by atoms with Gasteiger partial charge in [0.1, 0.15) is 12.3 Å². The molecule has 0 amide bonds. The van der Waals surface area contributed by atoms with Crippen LogP contribution in [0.1, 0.15) is 11.3 Å². The van der Waals surface area contributed by atoms with Crippen LogP contribution in [0.3, 0.4) is 0 Å². The Balaban J connectivity index is 1.72. The van der Waals surface area contributed by atoms with Crippen LogP contribution in [0.25, 0.3) is 5.69 Å².